The Morgan fingerprint density at radius 1 is 1.07 bits per heavy atom. The van der Waals surface area contributed by atoms with Crippen LogP contribution >= 0.6 is 11.3 Å². The lowest BCUT2D eigenvalue weighted by molar-refractivity contribution is 0.1000. The average Bonchev–Trinajstić information content (AvgIpc) is 3.12. The number of aromatic nitrogens is 3. The van der Waals surface area contributed by atoms with Crippen molar-refractivity contribution in [2.24, 2.45) is 5.73 Å². The molecule has 8 nitrogen and oxygen atoms in total. The van der Waals surface area contributed by atoms with Crippen LogP contribution in [0.15, 0.2) is 36.7 Å². The fourth-order valence-corrected chi connectivity index (χ4v) is 3.71. The number of nitrogens with zero attached hydrogens (tertiary/aromatic N) is 3. The van der Waals surface area contributed by atoms with Crippen molar-refractivity contribution in [1.82, 2.24) is 15.0 Å². The van der Waals surface area contributed by atoms with Crippen LogP contribution < -0.4 is 20.5 Å². The molecule has 0 saturated carbocycles. The van der Waals surface area contributed by atoms with E-state index in [-0.39, 0.29) is 5.01 Å². The summed E-state index contributed by atoms with van der Waals surface area (Å²) in [6.07, 6.45) is 1.48. The van der Waals surface area contributed by atoms with Crippen LogP contribution in [0.2, 0.25) is 0 Å². The van der Waals surface area contributed by atoms with E-state index in [0.29, 0.717) is 22.8 Å². The van der Waals surface area contributed by atoms with Gasteiger partial charge < -0.3 is 20.5 Å². The number of nitrogens with two attached hydrogens (primary N) is 1. The first-order valence-corrected chi connectivity index (χ1v) is 8.75. The van der Waals surface area contributed by atoms with Crippen molar-refractivity contribution in [3.63, 3.8) is 0 Å². The fraction of sp³-hybridized carbons (Fsp3) is 0.111. The third kappa shape index (κ3) is 3.08. The molecule has 3 N–H and O–H groups in total. The highest BCUT2D eigenvalue weighted by Gasteiger charge is 2.15. The van der Waals surface area contributed by atoms with Gasteiger partial charge in [0.15, 0.2) is 5.01 Å². The van der Waals surface area contributed by atoms with E-state index in [0.717, 1.165) is 21.3 Å². The van der Waals surface area contributed by atoms with Crippen LogP contribution in [0, 0.1) is 0 Å². The highest BCUT2D eigenvalue weighted by Crippen LogP contribution is 2.35. The zero-order valence-electron chi connectivity index (χ0n) is 14.5. The quantitative estimate of drug-likeness (QED) is 0.546. The zero-order chi connectivity index (χ0) is 19.0. The Kier molecular flexibility index (Phi) is 4.21. The van der Waals surface area contributed by atoms with Gasteiger partial charge in [0.1, 0.15) is 23.6 Å². The van der Waals surface area contributed by atoms with E-state index in [1.54, 1.807) is 20.3 Å². The van der Waals surface area contributed by atoms with Gasteiger partial charge in [-0.1, -0.05) is 0 Å². The normalized spacial score (nSPS) is 10.9. The van der Waals surface area contributed by atoms with Crippen molar-refractivity contribution in [3.05, 3.63) is 41.7 Å². The third-order valence-electron chi connectivity index (χ3n) is 3.98. The molecule has 0 radical (unpaired) electrons. The Labute approximate surface area is 158 Å². The molecule has 2 aromatic carbocycles. The van der Waals surface area contributed by atoms with Crippen molar-refractivity contribution >= 4 is 49.9 Å². The molecule has 0 aliphatic carbocycles. The summed E-state index contributed by atoms with van der Waals surface area (Å²) >= 11 is 1.22. The number of thiazole rings is 1. The van der Waals surface area contributed by atoms with Crippen LogP contribution in [0.25, 0.3) is 21.1 Å². The first kappa shape index (κ1) is 17.0. The fourth-order valence-electron chi connectivity index (χ4n) is 2.75. The maximum absolute atomic E-state index is 11.5. The number of hydrogen-bond donors (Lipinski definition) is 2. The van der Waals surface area contributed by atoms with E-state index in [2.05, 4.69) is 20.3 Å². The second-order valence-electron chi connectivity index (χ2n) is 5.64. The summed E-state index contributed by atoms with van der Waals surface area (Å²) < 4.78 is 11.4. The van der Waals surface area contributed by atoms with E-state index in [4.69, 9.17) is 15.2 Å². The number of carbonyl (C=O) groups excluding carboxylic acids is 1. The van der Waals surface area contributed by atoms with Crippen molar-refractivity contribution in [2.75, 3.05) is 19.5 Å². The van der Waals surface area contributed by atoms with Gasteiger partial charge in [0.05, 0.1) is 35.3 Å². The van der Waals surface area contributed by atoms with Gasteiger partial charge in [0.25, 0.3) is 5.91 Å². The number of carbonyl (C=O) groups is 1. The number of methoxy groups -OCH3 is 2. The largest absolute Gasteiger partial charge is 0.497 e. The van der Waals surface area contributed by atoms with Crippen LogP contribution in [0.3, 0.4) is 0 Å². The molecule has 0 aliphatic heterocycles. The molecule has 27 heavy (non-hydrogen) atoms. The van der Waals surface area contributed by atoms with Gasteiger partial charge >= 0.3 is 0 Å². The van der Waals surface area contributed by atoms with Gasteiger partial charge in [0, 0.05) is 23.9 Å². The summed E-state index contributed by atoms with van der Waals surface area (Å²) in [6, 6.07) is 9.09. The molecule has 4 rings (SSSR count). The minimum atomic E-state index is -0.562. The monoisotopic (exact) mass is 381 g/mol. The molecule has 0 aliphatic rings. The van der Waals surface area contributed by atoms with Gasteiger partial charge in [-0.3, -0.25) is 4.79 Å². The second-order valence-corrected chi connectivity index (χ2v) is 6.64. The zero-order valence-corrected chi connectivity index (χ0v) is 15.3. The van der Waals surface area contributed by atoms with Crippen LogP contribution in [0.1, 0.15) is 9.80 Å². The number of benzene rings is 2. The number of nitrogens with one attached hydrogen (secondary N) is 1. The number of amides is 1. The molecule has 0 spiro atoms. The SMILES string of the molecule is COc1cc(Nc2ncnc3ccc4nc(C(N)=O)sc4c23)cc(OC)c1. The lowest BCUT2D eigenvalue weighted by Gasteiger charge is -2.11. The standard InChI is InChI=1S/C18H15N5O3S/c1-25-10-5-9(6-11(7-10)26-2)22-17-14-12(20-8-21-17)3-4-13-15(14)27-18(23-13)16(19)24/h3-8H,1-2H3,(H2,19,24)(H,20,21,22). The number of fused-ring (bicyclic) bond motifs is 3. The molecule has 2 aromatic heterocycles. The van der Waals surface area contributed by atoms with Gasteiger partial charge in [-0.25, -0.2) is 15.0 Å². The van der Waals surface area contributed by atoms with Crippen LogP contribution in [-0.4, -0.2) is 35.1 Å². The summed E-state index contributed by atoms with van der Waals surface area (Å²) in [5.74, 6) is 1.32. The Morgan fingerprint density at radius 2 is 1.78 bits per heavy atom. The van der Waals surface area contributed by atoms with Crippen LogP contribution in [-0.2, 0) is 0 Å². The minimum Gasteiger partial charge on any atom is -0.497 e. The van der Waals surface area contributed by atoms with Crippen molar-refractivity contribution in [2.45, 2.75) is 0 Å². The van der Waals surface area contributed by atoms with Crippen molar-refractivity contribution < 1.29 is 14.3 Å². The molecule has 9 heteroatoms. The topological polar surface area (TPSA) is 112 Å². The summed E-state index contributed by atoms with van der Waals surface area (Å²) in [5.41, 5.74) is 7.52. The van der Waals surface area contributed by atoms with Gasteiger partial charge in [-0.2, -0.15) is 0 Å². The summed E-state index contributed by atoms with van der Waals surface area (Å²) in [5, 5.41) is 4.29. The van der Waals surface area contributed by atoms with E-state index >= 15 is 0 Å². The lowest BCUT2D eigenvalue weighted by atomic mass is 10.2. The Hall–Kier alpha value is -3.46. The molecular formula is C18H15N5O3S. The molecule has 4 aromatic rings. The van der Waals surface area contributed by atoms with E-state index < -0.39 is 5.91 Å². The van der Waals surface area contributed by atoms with Crippen LogP contribution in [0.5, 0.6) is 11.5 Å². The smallest absolute Gasteiger partial charge is 0.277 e. The highest BCUT2D eigenvalue weighted by molar-refractivity contribution is 7.21. The maximum Gasteiger partial charge on any atom is 0.277 e. The second kappa shape index (κ2) is 6.69. The molecule has 2 heterocycles. The molecular weight excluding hydrogens is 366 g/mol. The van der Waals surface area contributed by atoms with Gasteiger partial charge in [0.2, 0.25) is 0 Å². The first-order valence-electron chi connectivity index (χ1n) is 7.93. The number of ether oxygens (including phenoxy) is 2. The predicted molar refractivity (Wildman–Crippen MR) is 104 cm³/mol. The maximum atomic E-state index is 11.5. The molecule has 0 saturated heterocycles. The van der Waals surface area contributed by atoms with Gasteiger partial charge in [-0.05, 0) is 12.1 Å². The third-order valence-corrected chi connectivity index (χ3v) is 5.08. The number of primary amides is 1. The number of hydrogen-bond acceptors (Lipinski definition) is 8. The highest BCUT2D eigenvalue weighted by atomic mass is 32.1. The summed E-state index contributed by atoms with van der Waals surface area (Å²) in [7, 11) is 3.18. The Morgan fingerprint density at radius 3 is 2.44 bits per heavy atom. The van der Waals surface area contributed by atoms with E-state index in [9.17, 15) is 4.79 Å². The van der Waals surface area contributed by atoms with Gasteiger partial charge in [-0.15, -0.1) is 11.3 Å². The average molecular weight is 381 g/mol. The Balaban J connectivity index is 1.89. The van der Waals surface area contributed by atoms with Crippen molar-refractivity contribution in [3.8, 4) is 11.5 Å². The molecule has 0 atom stereocenters. The van der Waals surface area contributed by atoms with Crippen LogP contribution in [0.4, 0.5) is 11.5 Å². The lowest BCUT2D eigenvalue weighted by Crippen LogP contribution is -2.09. The summed E-state index contributed by atoms with van der Waals surface area (Å²) in [4.78, 5) is 24.5. The Bertz CT molecular complexity index is 1150. The molecule has 0 bridgehead atoms. The van der Waals surface area contributed by atoms with Crippen molar-refractivity contribution in [1.29, 1.82) is 0 Å². The van der Waals surface area contributed by atoms with E-state index in [1.165, 1.54) is 17.7 Å². The molecule has 0 fully saturated rings. The molecule has 1 amide bonds. The molecule has 0 unspecified atom stereocenters. The first-order chi connectivity index (χ1) is 13.1. The minimum absolute atomic E-state index is 0.246. The predicted octanol–water partition coefficient (Wildman–Crippen LogP) is 3.10. The number of rotatable bonds is 5. The number of anilines is 2. The molecule has 136 valence electrons. The van der Waals surface area contributed by atoms with E-state index in [1.807, 2.05) is 24.3 Å². The summed E-state index contributed by atoms with van der Waals surface area (Å²) in [6.45, 7) is 0.